The van der Waals surface area contributed by atoms with Gasteiger partial charge >= 0.3 is 0 Å². The molecule has 2 heterocycles. The number of hydrogen-bond donors (Lipinski definition) is 2. The molecule has 0 radical (unpaired) electrons. The molecular formula is C18H18N6O2S. The summed E-state index contributed by atoms with van der Waals surface area (Å²) in [7, 11) is 3.39. The molecule has 0 aliphatic rings. The topological polar surface area (TPSA) is 104 Å². The van der Waals surface area contributed by atoms with Gasteiger partial charge in [-0.05, 0) is 36.4 Å². The lowest BCUT2D eigenvalue weighted by atomic mass is 10.2. The molecule has 0 saturated carbocycles. The van der Waals surface area contributed by atoms with Crippen molar-refractivity contribution in [3.63, 3.8) is 0 Å². The van der Waals surface area contributed by atoms with E-state index in [1.54, 1.807) is 50.8 Å². The molecule has 0 bridgehead atoms. The van der Waals surface area contributed by atoms with Crippen molar-refractivity contribution in [3.05, 3.63) is 54.4 Å². The second kappa shape index (κ2) is 8.45. The van der Waals surface area contributed by atoms with Gasteiger partial charge in [0.1, 0.15) is 0 Å². The third-order valence-electron chi connectivity index (χ3n) is 3.57. The number of rotatable bonds is 6. The molecule has 1 aromatic carbocycles. The smallest absolute Gasteiger partial charge is 0.253 e. The van der Waals surface area contributed by atoms with Crippen LogP contribution in [0.1, 0.15) is 10.4 Å². The van der Waals surface area contributed by atoms with Gasteiger partial charge in [-0.25, -0.2) is 4.98 Å². The highest BCUT2D eigenvalue weighted by molar-refractivity contribution is 7.99. The number of anilines is 1. The molecule has 2 aromatic heterocycles. The van der Waals surface area contributed by atoms with Crippen molar-refractivity contribution in [2.24, 2.45) is 0 Å². The first-order valence-corrected chi connectivity index (χ1v) is 9.08. The van der Waals surface area contributed by atoms with Gasteiger partial charge in [0.15, 0.2) is 5.82 Å². The molecule has 3 rings (SSSR count). The fourth-order valence-electron chi connectivity index (χ4n) is 2.23. The number of amides is 2. The number of benzene rings is 1. The monoisotopic (exact) mass is 382 g/mol. The minimum atomic E-state index is -0.179. The van der Waals surface area contributed by atoms with Gasteiger partial charge in [-0.15, -0.1) is 5.10 Å². The molecule has 8 nitrogen and oxygen atoms in total. The maximum atomic E-state index is 12.1. The maximum absolute atomic E-state index is 12.1. The van der Waals surface area contributed by atoms with Crippen molar-refractivity contribution in [1.82, 2.24) is 25.1 Å². The third-order valence-corrected chi connectivity index (χ3v) is 4.42. The Morgan fingerprint density at radius 1 is 1.11 bits per heavy atom. The van der Waals surface area contributed by atoms with Crippen LogP contribution in [0.2, 0.25) is 0 Å². The summed E-state index contributed by atoms with van der Waals surface area (Å²) >= 11 is 1.23. The van der Waals surface area contributed by atoms with Crippen molar-refractivity contribution in [2.75, 3.05) is 25.2 Å². The largest absolute Gasteiger partial charge is 0.345 e. The Labute approximate surface area is 160 Å². The van der Waals surface area contributed by atoms with Crippen LogP contribution in [0.4, 0.5) is 5.69 Å². The molecule has 138 valence electrons. The number of carbonyl (C=O) groups excluding carboxylic acids is 2. The Morgan fingerprint density at radius 2 is 1.81 bits per heavy atom. The van der Waals surface area contributed by atoms with Crippen LogP contribution >= 0.6 is 11.8 Å². The predicted octanol–water partition coefficient (Wildman–Crippen LogP) is 2.30. The first-order chi connectivity index (χ1) is 13.0. The van der Waals surface area contributed by atoms with Gasteiger partial charge in [0, 0.05) is 43.3 Å². The quantitative estimate of drug-likeness (QED) is 0.634. The first kappa shape index (κ1) is 18.6. The molecule has 0 fully saturated rings. The average Bonchev–Trinajstić information content (AvgIpc) is 3.16. The lowest BCUT2D eigenvalue weighted by Crippen LogP contribution is -2.21. The minimum Gasteiger partial charge on any atom is -0.345 e. The van der Waals surface area contributed by atoms with E-state index in [1.165, 1.54) is 16.7 Å². The molecule has 0 unspecified atom stereocenters. The number of hydrogen-bond acceptors (Lipinski definition) is 6. The van der Waals surface area contributed by atoms with Gasteiger partial charge in [0.05, 0.1) is 5.75 Å². The van der Waals surface area contributed by atoms with Crippen molar-refractivity contribution >= 4 is 29.3 Å². The van der Waals surface area contributed by atoms with E-state index < -0.39 is 0 Å². The van der Waals surface area contributed by atoms with E-state index in [1.807, 2.05) is 12.1 Å². The van der Waals surface area contributed by atoms with Crippen LogP contribution in [0.25, 0.3) is 11.4 Å². The van der Waals surface area contributed by atoms with Crippen LogP contribution < -0.4 is 5.32 Å². The lowest BCUT2D eigenvalue weighted by molar-refractivity contribution is -0.113. The van der Waals surface area contributed by atoms with Crippen LogP contribution in [0.15, 0.2) is 53.9 Å². The van der Waals surface area contributed by atoms with E-state index in [0.29, 0.717) is 22.2 Å². The average molecular weight is 382 g/mol. The molecule has 0 saturated heterocycles. The second-order valence-electron chi connectivity index (χ2n) is 5.82. The number of carbonyl (C=O) groups is 2. The minimum absolute atomic E-state index is 0.0851. The maximum Gasteiger partial charge on any atom is 0.253 e. The summed E-state index contributed by atoms with van der Waals surface area (Å²) < 4.78 is 0. The third kappa shape index (κ3) is 4.91. The van der Waals surface area contributed by atoms with Crippen LogP contribution in [-0.2, 0) is 4.79 Å². The molecule has 0 aliphatic carbocycles. The van der Waals surface area contributed by atoms with Gasteiger partial charge in [-0.1, -0.05) is 11.8 Å². The molecular weight excluding hydrogens is 364 g/mol. The Kier molecular flexibility index (Phi) is 5.82. The van der Waals surface area contributed by atoms with Gasteiger partial charge in [0.25, 0.3) is 5.91 Å². The van der Waals surface area contributed by atoms with Crippen molar-refractivity contribution in [3.8, 4) is 11.4 Å². The number of aromatic nitrogens is 4. The standard InChI is InChI=1S/C18H18N6O2S/c1-24(2)17(26)13-3-5-14(6-4-13)20-15(25)11-27-18-21-16(22-23-18)12-7-9-19-10-8-12/h3-10H,11H2,1-2H3,(H,20,25)(H,21,22,23). The summed E-state index contributed by atoms with van der Waals surface area (Å²) in [6.45, 7) is 0. The number of pyridine rings is 1. The number of H-pyrrole nitrogens is 1. The van der Waals surface area contributed by atoms with E-state index in [9.17, 15) is 9.59 Å². The van der Waals surface area contributed by atoms with Crippen LogP contribution in [0, 0.1) is 0 Å². The molecule has 2 N–H and O–H groups in total. The van der Waals surface area contributed by atoms with E-state index in [0.717, 1.165) is 5.56 Å². The van der Waals surface area contributed by atoms with E-state index in [4.69, 9.17) is 0 Å². The van der Waals surface area contributed by atoms with Gasteiger partial charge in [-0.2, -0.15) is 0 Å². The fourth-order valence-corrected chi connectivity index (χ4v) is 2.83. The molecule has 0 aliphatic heterocycles. The molecule has 0 spiro atoms. The summed E-state index contributed by atoms with van der Waals surface area (Å²) in [5, 5.41) is 10.2. The van der Waals surface area contributed by atoms with Crippen LogP contribution in [0.3, 0.4) is 0 Å². The van der Waals surface area contributed by atoms with Crippen LogP contribution in [-0.4, -0.2) is 56.7 Å². The zero-order valence-corrected chi connectivity index (χ0v) is 15.7. The van der Waals surface area contributed by atoms with Gasteiger partial charge < -0.3 is 10.2 Å². The van der Waals surface area contributed by atoms with E-state index >= 15 is 0 Å². The van der Waals surface area contributed by atoms with E-state index in [2.05, 4.69) is 25.5 Å². The van der Waals surface area contributed by atoms with Crippen molar-refractivity contribution in [1.29, 1.82) is 0 Å². The highest BCUT2D eigenvalue weighted by Crippen LogP contribution is 2.19. The van der Waals surface area contributed by atoms with Crippen LogP contribution in [0.5, 0.6) is 0 Å². The summed E-state index contributed by atoms with van der Waals surface area (Å²) in [4.78, 5) is 33.8. The lowest BCUT2D eigenvalue weighted by Gasteiger charge is -2.10. The summed E-state index contributed by atoms with van der Waals surface area (Å²) in [6.07, 6.45) is 3.35. The zero-order valence-electron chi connectivity index (χ0n) is 14.8. The normalized spacial score (nSPS) is 10.4. The Morgan fingerprint density at radius 3 is 2.48 bits per heavy atom. The first-order valence-electron chi connectivity index (χ1n) is 8.10. The number of nitrogens with one attached hydrogen (secondary N) is 2. The Hall–Kier alpha value is -3.20. The molecule has 2 amide bonds. The molecule has 9 heteroatoms. The Bertz CT molecular complexity index is 925. The summed E-state index contributed by atoms with van der Waals surface area (Å²) in [5.41, 5.74) is 2.07. The highest BCUT2D eigenvalue weighted by atomic mass is 32.2. The SMILES string of the molecule is CN(C)C(=O)c1ccc(NC(=O)CSc2n[nH]c(-c3ccncc3)n2)cc1. The second-order valence-corrected chi connectivity index (χ2v) is 6.76. The van der Waals surface area contributed by atoms with Gasteiger partial charge in [-0.3, -0.25) is 19.7 Å². The predicted molar refractivity (Wildman–Crippen MR) is 103 cm³/mol. The fraction of sp³-hybridized carbons (Fsp3) is 0.167. The number of nitrogens with zero attached hydrogens (tertiary/aromatic N) is 4. The van der Waals surface area contributed by atoms with Gasteiger partial charge in [0.2, 0.25) is 11.1 Å². The summed E-state index contributed by atoms with van der Waals surface area (Å²) in [5.74, 6) is 0.535. The Balaban J connectivity index is 1.53. The number of thioether (sulfide) groups is 1. The highest BCUT2D eigenvalue weighted by Gasteiger charge is 2.11. The zero-order chi connectivity index (χ0) is 19.2. The number of aromatic amines is 1. The molecule has 3 aromatic rings. The van der Waals surface area contributed by atoms with Crippen molar-refractivity contribution < 1.29 is 9.59 Å². The van der Waals surface area contributed by atoms with E-state index in [-0.39, 0.29) is 17.6 Å². The molecule has 27 heavy (non-hydrogen) atoms. The molecule has 0 atom stereocenters. The summed E-state index contributed by atoms with van der Waals surface area (Å²) in [6, 6.07) is 10.4. The van der Waals surface area contributed by atoms with Crippen molar-refractivity contribution in [2.45, 2.75) is 5.16 Å².